The van der Waals surface area contributed by atoms with Gasteiger partial charge in [-0.05, 0) is 13.3 Å². The first-order valence-electron chi connectivity index (χ1n) is 3.48. The highest BCUT2D eigenvalue weighted by Crippen LogP contribution is 2.38. The largest absolute Gasteiger partial charge is 0.469 e. The van der Waals surface area contributed by atoms with Crippen molar-refractivity contribution in [3.8, 4) is 0 Å². The second-order valence-electron chi connectivity index (χ2n) is 3.18. The molecule has 0 saturated heterocycles. The molecule has 0 N–H and O–H groups in total. The van der Waals surface area contributed by atoms with Crippen LogP contribution in [0.1, 0.15) is 6.92 Å². The van der Waals surface area contributed by atoms with Crippen molar-refractivity contribution >= 4 is 13.1 Å². The lowest BCUT2D eigenvalue weighted by atomic mass is 10.2. The molecule has 0 aliphatic heterocycles. The molecule has 0 aliphatic rings. The summed E-state index contributed by atoms with van der Waals surface area (Å²) in [6.45, 7) is 5.07. The fourth-order valence-electron chi connectivity index (χ4n) is 0.935. The SMILES string of the molecule is COC(=O)[C@@H](C)CP(C)(C)=O. The Morgan fingerprint density at radius 2 is 2.00 bits per heavy atom. The van der Waals surface area contributed by atoms with Crippen LogP contribution >= 0.6 is 7.14 Å². The molecule has 0 aromatic heterocycles. The lowest BCUT2D eigenvalue weighted by Gasteiger charge is -2.11. The molecule has 0 aromatic carbocycles. The molecule has 66 valence electrons. The Morgan fingerprint density at radius 3 is 2.27 bits per heavy atom. The average molecular weight is 178 g/mol. The molecule has 4 heteroatoms. The van der Waals surface area contributed by atoms with Gasteiger partial charge in [-0.2, -0.15) is 0 Å². The van der Waals surface area contributed by atoms with Gasteiger partial charge in [-0.25, -0.2) is 0 Å². The van der Waals surface area contributed by atoms with Gasteiger partial charge in [0, 0.05) is 6.16 Å². The fraction of sp³-hybridized carbons (Fsp3) is 0.857. The zero-order valence-corrected chi connectivity index (χ0v) is 8.35. The Kier molecular flexibility index (Phi) is 3.81. The summed E-state index contributed by atoms with van der Waals surface area (Å²) < 4.78 is 15.7. The van der Waals surface area contributed by atoms with Crippen LogP contribution in [0.2, 0.25) is 0 Å². The molecule has 0 fully saturated rings. The third-order valence-corrected chi connectivity index (χ3v) is 2.74. The number of carbonyl (C=O) groups is 1. The van der Waals surface area contributed by atoms with Gasteiger partial charge in [-0.3, -0.25) is 4.79 Å². The summed E-state index contributed by atoms with van der Waals surface area (Å²) in [6, 6.07) is 0. The normalized spacial score (nSPS) is 14.2. The molecule has 0 heterocycles. The van der Waals surface area contributed by atoms with Crippen molar-refractivity contribution in [2.45, 2.75) is 6.92 Å². The zero-order valence-electron chi connectivity index (χ0n) is 7.46. The first-order valence-corrected chi connectivity index (χ1v) is 6.27. The van der Waals surface area contributed by atoms with Gasteiger partial charge in [-0.15, -0.1) is 0 Å². The van der Waals surface area contributed by atoms with Gasteiger partial charge in [0.05, 0.1) is 20.2 Å². The molecule has 0 radical (unpaired) electrons. The number of hydrogen-bond acceptors (Lipinski definition) is 3. The number of ether oxygens (including phenoxy) is 1. The van der Waals surface area contributed by atoms with Crippen LogP contribution in [0.5, 0.6) is 0 Å². The van der Waals surface area contributed by atoms with Crippen LogP contribution in [-0.4, -0.2) is 32.6 Å². The minimum atomic E-state index is -2.09. The predicted molar refractivity (Wildman–Crippen MR) is 45.5 cm³/mol. The molecule has 0 amide bonds. The molecule has 0 spiro atoms. The second-order valence-corrected chi connectivity index (χ2v) is 6.69. The van der Waals surface area contributed by atoms with Crippen molar-refractivity contribution in [2.24, 2.45) is 5.92 Å². The van der Waals surface area contributed by atoms with E-state index in [1.165, 1.54) is 7.11 Å². The van der Waals surface area contributed by atoms with Crippen LogP contribution < -0.4 is 0 Å². The van der Waals surface area contributed by atoms with Gasteiger partial charge in [-0.1, -0.05) is 6.92 Å². The molecule has 0 saturated carbocycles. The van der Waals surface area contributed by atoms with Crippen molar-refractivity contribution in [3.63, 3.8) is 0 Å². The van der Waals surface area contributed by atoms with Crippen LogP contribution in [0.15, 0.2) is 0 Å². The molecular weight excluding hydrogens is 163 g/mol. The highest BCUT2D eigenvalue weighted by atomic mass is 31.2. The molecule has 0 bridgehead atoms. The van der Waals surface area contributed by atoms with Crippen LogP contribution in [0.25, 0.3) is 0 Å². The monoisotopic (exact) mass is 178 g/mol. The third-order valence-electron chi connectivity index (χ3n) is 1.32. The molecule has 0 aromatic rings. The lowest BCUT2D eigenvalue weighted by Crippen LogP contribution is -2.16. The number of carbonyl (C=O) groups excluding carboxylic acids is 1. The molecule has 1 atom stereocenters. The maximum atomic E-state index is 11.2. The van der Waals surface area contributed by atoms with Gasteiger partial charge in [0.1, 0.15) is 0 Å². The van der Waals surface area contributed by atoms with Crippen molar-refractivity contribution < 1.29 is 14.1 Å². The number of methoxy groups -OCH3 is 1. The number of hydrogen-bond donors (Lipinski definition) is 0. The minimum Gasteiger partial charge on any atom is -0.469 e. The van der Waals surface area contributed by atoms with Crippen molar-refractivity contribution in [1.82, 2.24) is 0 Å². The van der Waals surface area contributed by atoms with E-state index in [0.717, 1.165) is 0 Å². The average Bonchev–Trinajstić information content (AvgIpc) is 1.82. The van der Waals surface area contributed by atoms with E-state index in [1.54, 1.807) is 20.3 Å². The standard InChI is InChI=1S/C7H15O3P/c1-6(7(8)10-2)5-11(3,4)9/h6H,5H2,1-4H3/t6-/m0/s1. The van der Waals surface area contributed by atoms with Crippen molar-refractivity contribution in [2.75, 3.05) is 26.6 Å². The molecule has 3 nitrogen and oxygen atoms in total. The van der Waals surface area contributed by atoms with E-state index >= 15 is 0 Å². The van der Waals surface area contributed by atoms with E-state index in [9.17, 15) is 9.36 Å². The van der Waals surface area contributed by atoms with E-state index < -0.39 is 7.14 Å². The maximum absolute atomic E-state index is 11.2. The first-order chi connectivity index (χ1) is 4.87. The molecular formula is C7H15O3P. The minimum absolute atomic E-state index is 0.249. The Labute approximate surface area is 67.5 Å². The van der Waals surface area contributed by atoms with Crippen LogP contribution in [-0.2, 0) is 14.1 Å². The van der Waals surface area contributed by atoms with Gasteiger partial charge >= 0.3 is 5.97 Å². The first kappa shape index (κ1) is 10.7. The van der Waals surface area contributed by atoms with E-state index in [-0.39, 0.29) is 11.9 Å². The van der Waals surface area contributed by atoms with Crippen LogP contribution in [0, 0.1) is 5.92 Å². The predicted octanol–water partition coefficient (Wildman–Crippen LogP) is 1.42. The summed E-state index contributed by atoms with van der Waals surface area (Å²) in [5.74, 6) is -0.533. The van der Waals surface area contributed by atoms with Crippen molar-refractivity contribution in [3.05, 3.63) is 0 Å². The summed E-state index contributed by atoms with van der Waals surface area (Å²) in [7, 11) is -0.747. The molecule has 0 aliphatic carbocycles. The van der Waals surface area contributed by atoms with E-state index in [1.807, 2.05) is 0 Å². The maximum Gasteiger partial charge on any atom is 0.308 e. The highest BCUT2D eigenvalue weighted by molar-refractivity contribution is 7.62. The summed E-state index contributed by atoms with van der Waals surface area (Å²) in [5, 5.41) is 0. The lowest BCUT2D eigenvalue weighted by molar-refractivity contribution is -0.144. The molecule has 0 rings (SSSR count). The number of rotatable bonds is 3. The Bertz CT molecular complexity index is 182. The highest BCUT2D eigenvalue weighted by Gasteiger charge is 2.19. The van der Waals surface area contributed by atoms with E-state index in [0.29, 0.717) is 6.16 Å². The fourth-order valence-corrected chi connectivity index (χ4v) is 2.40. The summed E-state index contributed by atoms with van der Waals surface area (Å²) in [4.78, 5) is 10.8. The second kappa shape index (κ2) is 3.91. The molecule has 11 heavy (non-hydrogen) atoms. The topological polar surface area (TPSA) is 43.4 Å². The smallest absolute Gasteiger partial charge is 0.308 e. The quantitative estimate of drug-likeness (QED) is 0.485. The summed E-state index contributed by atoms with van der Waals surface area (Å²) in [5.41, 5.74) is 0. The Hall–Kier alpha value is -0.300. The van der Waals surface area contributed by atoms with Gasteiger partial charge in [0.2, 0.25) is 0 Å². The zero-order chi connectivity index (χ0) is 9.07. The van der Waals surface area contributed by atoms with Gasteiger partial charge in [0.25, 0.3) is 0 Å². The third kappa shape index (κ3) is 5.02. The number of esters is 1. The van der Waals surface area contributed by atoms with Crippen molar-refractivity contribution in [1.29, 1.82) is 0 Å². The van der Waals surface area contributed by atoms with Gasteiger partial charge < -0.3 is 9.30 Å². The molecule has 0 unspecified atom stereocenters. The summed E-state index contributed by atoms with van der Waals surface area (Å²) in [6.07, 6.45) is 0.430. The Balaban J connectivity index is 3.98. The van der Waals surface area contributed by atoms with E-state index in [4.69, 9.17) is 0 Å². The van der Waals surface area contributed by atoms with E-state index in [2.05, 4.69) is 4.74 Å². The van der Waals surface area contributed by atoms with Crippen LogP contribution in [0.3, 0.4) is 0 Å². The van der Waals surface area contributed by atoms with Crippen LogP contribution in [0.4, 0.5) is 0 Å². The summed E-state index contributed by atoms with van der Waals surface area (Å²) >= 11 is 0. The van der Waals surface area contributed by atoms with Gasteiger partial charge in [0.15, 0.2) is 0 Å². The Morgan fingerprint density at radius 1 is 1.55 bits per heavy atom.